The molecule has 3 N–H and O–H groups in total. The van der Waals surface area contributed by atoms with E-state index in [0.29, 0.717) is 22.1 Å². The second-order valence-electron chi connectivity index (χ2n) is 4.01. The van der Waals surface area contributed by atoms with Crippen LogP contribution in [0.25, 0.3) is 0 Å². The molecule has 0 heterocycles. The third-order valence-electron chi connectivity index (χ3n) is 2.66. The molecular weight excluding hydrogens is 344 g/mol. The molecule has 0 spiro atoms. The Hall–Kier alpha value is -1.10. The summed E-state index contributed by atoms with van der Waals surface area (Å²) in [6, 6.07) is 13.7. The predicted octanol–water partition coefficient (Wildman–Crippen LogP) is 4.35. The van der Waals surface area contributed by atoms with Crippen molar-refractivity contribution in [3.63, 3.8) is 0 Å². The Morgan fingerprint density at radius 1 is 1.21 bits per heavy atom. The van der Waals surface area contributed by atoms with Crippen molar-refractivity contribution >= 4 is 50.4 Å². The highest BCUT2D eigenvalue weighted by Crippen LogP contribution is 2.24. The van der Waals surface area contributed by atoms with Gasteiger partial charge in [-0.25, -0.2) is 0 Å². The van der Waals surface area contributed by atoms with Crippen molar-refractivity contribution in [2.45, 2.75) is 6.54 Å². The Morgan fingerprint density at radius 3 is 2.53 bits per heavy atom. The summed E-state index contributed by atoms with van der Waals surface area (Å²) in [5.74, 6) is 0. The highest BCUT2D eigenvalue weighted by atomic mass is 79.9. The quantitative estimate of drug-likeness (QED) is 0.801. The summed E-state index contributed by atoms with van der Waals surface area (Å²) in [7, 11) is 0. The van der Waals surface area contributed by atoms with Gasteiger partial charge in [-0.1, -0.05) is 57.9 Å². The fourth-order valence-electron chi connectivity index (χ4n) is 1.72. The number of anilines is 1. The Kier molecular flexibility index (Phi) is 4.80. The zero-order valence-electron chi connectivity index (χ0n) is 9.99. The molecule has 0 aliphatic rings. The van der Waals surface area contributed by atoms with E-state index < -0.39 is 0 Å². The highest BCUT2D eigenvalue weighted by molar-refractivity contribution is 9.10. The van der Waals surface area contributed by atoms with E-state index in [1.54, 1.807) is 6.07 Å². The first-order chi connectivity index (χ1) is 9.08. The molecule has 2 aromatic rings. The molecule has 2 nitrogen and oxygen atoms in total. The van der Waals surface area contributed by atoms with E-state index in [0.717, 1.165) is 15.7 Å². The predicted molar refractivity (Wildman–Crippen MR) is 88.8 cm³/mol. The fourth-order valence-corrected chi connectivity index (χ4v) is 2.54. The number of halogens is 2. The lowest BCUT2D eigenvalue weighted by Crippen LogP contribution is -2.14. The Morgan fingerprint density at radius 2 is 1.89 bits per heavy atom. The van der Waals surface area contributed by atoms with Crippen molar-refractivity contribution in [2.75, 3.05) is 5.32 Å². The standard InChI is InChI=1S/C14H12BrClN2S/c15-10-6-4-9(5-7-10)8-18-12-3-1-2-11(16)13(12)14(17)19/h1-7,18H,8H2,(H2,17,19). The summed E-state index contributed by atoms with van der Waals surface area (Å²) in [5.41, 5.74) is 8.41. The van der Waals surface area contributed by atoms with Gasteiger partial charge in [0.15, 0.2) is 0 Å². The average Bonchev–Trinajstić information content (AvgIpc) is 2.37. The maximum atomic E-state index is 6.11. The van der Waals surface area contributed by atoms with E-state index in [-0.39, 0.29) is 0 Å². The third kappa shape index (κ3) is 3.69. The monoisotopic (exact) mass is 354 g/mol. The maximum absolute atomic E-state index is 6.11. The number of thiocarbonyl (C=S) groups is 1. The number of hydrogen-bond donors (Lipinski definition) is 2. The molecule has 0 radical (unpaired) electrons. The molecule has 0 aromatic heterocycles. The largest absolute Gasteiger partial charge is 0.389 e. The minimum atomic E-state index is 0.295. The van der Waals surface area contributed by atoms with Crippen LogP contribution in [0.4, 0.5) is 5.69 Å². The van der Waals surface area contributed by atoms with E-state index in [2.05, 4.69) is 21.2 Å². The van der Waals surface area contributed by atoms with Crippen molar-refractivity contribution < 1.29 is 0 Å². The van der Waals surface area contributed by atoms with E-state index in [1.165, 1.54) is 0 Å². The summed E-state index contributed by atoms with van der Waals surface area (Å²) in [4.78, 5) is 0.295. The van der Waals surface area contributed by atoms with Crippen molar-refractivity contribution in [2.24, 2.45) is 5.73 Å². The van der Waals surface area contributed by atoms with Crippen LogP contribution in [0.5, 0.6) is 0 Å². The van der Waals surface area contributed by atoms with Crippen molar-refractivity contribution in [1.29, 1.82) is 0 Å². The van der Waals surface area contributed by atoms with E-state index in [4.69, 9.17) is 29.6 Å². The van der Waals surface area contributed by atoms with Gasteiger partial charge in [-0.3, -0.25) is 0 Å². The molecule has 0 bridgehead atoms. The Balaban J connectivity index is 2.18. The minimum absolute atomic E-state index is 0.295. The van der Waals surface area contributed by atoms with Gasteiger partial charge >= 0.3 is 0 Å². The molecule has 0 saturated carbocycles. The fraction of sp³-hybridized carbons (Fsp3) is 0.0714. The molecule has 0 unspecified atom stereocenters. The summed E-state index contributed by atoms with van der Waals surface area (Å²) in [6.07, 6.45) is 0. The molecule has 5 heteroatoms. The molecule has 0 atom stereocenters. The van der Waals surface area contributed by atoms with Gasteiger partial charge in [-0.15, -0.1) is 0 Å². The third-order valence-corrected chi connectivity index (χ3v) is 3.70. The van der Waals surface area contributed by atoms with Gasteiger partial charge < -0.3 is 11.1 Å². The first-order valence-corrected chi connectivity index (χ1v) is 7.22. The number of rotatable bonds is 4. The number of nitrogens with two attached hydrogens (primary N) is 1. The second-order valence-corrected chi connectivity index (χ2v) is 5.77. The first kappa shape index (κ1) is 14.3. The van der Waals surface area contributed by atoms with Gasteiger partial charge in [0.05, 0.1) is 10.6 Å². The van der Waals surface area contributed by atoms with E-state index in [9.17, 15) is 0 Å². The van der Waals surface area contributed by atoms with E-state index >= 15 is 0 Å². The molecule has 98 valence electrons. The van der Waals surface area contributed by atoms with Crippen LogP contribution in [0.3, 0.4) is 0 Å². The van der Waals surface area contributed by atoms with Crippen LogP contribution in [0.15, 0.2) is 46.9 Å². The number of nitrogens with one attached hydrogen (secondary N) is 1. The zero-order chi connectivity index (χ0) is 13.8. The molecule has 2 aromatic carbocycles. The summed E-state index contributed by atoms with van der Waals surface area (Å²) in [6.45, 7) is 0.684. The minimum Gasteiger partial charge on any atom is -0.389 e. The van der Waals surface area contributed by atoms with Gasteiger partial charge in [0.2, 0.25) is 0 Å². The van der Waals surface area contributed by atoms with Crippen molar-refractivity contribution in [1.82, 2.24) is 0 Å². The Bertz CT molecular complexity index is 599. The van der Waals surface area contributed by atoms with Crippen LogP contribution in [0.1, 0.15) is 11.1 Å². The van der Waals surface area contributed by atoms with Gasteiger partial charge in [-0.2, -0.15) is 0 Å². The van der Waals surface area contributed by atoms with Crippen molar-refractivity contribution in [3.05, 3.63) is 63.1 Å². The second kappa shape index (κ2) is 6.37. The molecule has 0 amide bonds. The van der Waals surface area contributed by atoms with Crippen LogP contribution < -0.4 is 11.1 Å². The normalized spacial score (nSPS) is 10.2. The van der Waals surface area contributed by atoms with Crippen LogP contribution >= 0.6 is 39.7 Å². The maximum Gasteiger partial charge on any atom is 0.107 e. The van der Waals surface area contributed by atoms with Crippen molar-refractivity contribution in [3.8, 4) is 0 Å². The smallest absolute Gasteiger partial charge is 0.107 e. The average molecular weight is 356 g/mol. The molecule has 0 aliphatic carbocycles. The lowest BCUT2D eigenvalue weighted by atomic mass is 10.1. The van der Waals surface area contributed by atoms with Crippen LogP contribution in [0, 0.1) is 0 Å². The van der Waals surface area contributed by atoms with Crippen LogP contribution in [-0.4, -0.2) is 4.99 Å². The van der Waals surface area contributed by atoms with Gasteiger partial charge in [0.1, 0.15) is 4.99 Å². The summed E-state index contributed by atoms with van der Waals surface area (Å²) < 4.78 is 1.06. The Labute approximate surface area is 131 Å². The topological polar surface area (TPSA) is 38.0 Å². The number of benzene rings is 2. The zero-order valence-corrected chi connectivity index (χ0v) is 13.1. The van der Waals surface area contributed by atoms with E-state index in [1.807, 2.05) is 36.4 Å². The SMILES string of the molecule is NC(=S)c1c(Cl)cccc1NCc1ccc(Br)cc1. The highest BCUT2D eigenvalue weighted by Gasteiger charge is 2.09. The summed E-state index contributed by atoms with van der Waals surface area (Å²) >= 11 is 14.6. The molecule has 0 aliphatic heterocycles. The van der Waals surface area contributed by atoms with Crippen LogP contribution in [0.2, 0.25) is 5.02 Å². The van der Waals surface area contributed by atoms with Crippen LogP contribution in [-0.2, 0) is 6.54 Å². The number of hydrogen-bond acceptors (Lipinski definition) is 2. The van der Waals surface area contributed by atoms with Gasteiger partial charge in [-0.05, 0) is 29.8 Å². The first-order valence-electron chi connectivity index (χ1n) is 5.64. The molecule has 0 saturated heterocycles. The molecule has 0 fully saturated rings. The molecule has 2 rings (SSSR count). The molecule has 19 heavy (non-hydrogen) atoms. The lowest BCUT2D eigenvalue weighted by molar-refractivity contribution is 1.15. The van der Waals surface area contributed by atoms with Gasteiger partial charge in [0, 0.05) is 16.7 Å². The van der Waals surface area contributed by atoms with Gasteiger partial charge in [0.25, 0.3) is 0 Å². The lowest BCUT2D eigenvalue weighted by Gasteiger charge is -2.12. The molecular formula is C14H12BrClN2S. The summed E-state index contributed by atoms with van der Waals surface area (Å²) in [5, 5.41) is 3.87.